The number of carbonyl (C=O) groups is 1. The number of fused-ring (bicyclic) bond motifs is 1. The highest BCUT2D eigenvalue weighted by Crippen LogP contribution is 2.39. The van der Waals surface area contributed by atoms with E-state index in [2.05, 4.69) is 18.0 Å². The highest BCUT2D eigenvalue weighted by molar-refractivity contribution is 8.00. The number of amides is 1. The number of nitrogens with zero attached hydrogens (tertiary/aromatic N) is 2. The van der Waals surface area contributed by atoms with Crippen LogP contribution < -0.4 is 4.90 Å². The van der Waals surface area contributed by atoms with Crippen molar-refractivity contribution in [1.29, 1.82) is 0 Å². The predicted molar refractivity (Wildman–Crippen MR) is 93.5 cm³/mol. The molecular weight excluding hydrogens is 328 g/mol. The van der Waals surface area contributed by atoms with E-state index in [-0.39, 0.29) is 12.0 Å². The van der Waals surface area contributed by atoms with Crippen molar-refractivity contribution in [2.75, 3.05) is 18.1 Å². The Labute approximate surface area is 143 Å². The first-order valence-corrected chi connectivity index (χ1v) is 9.57. The Balaban J connectivity index is 1.62. The fraction of sp³-hybridized carbons (Fsp3) is 0.412. The van der Waals surface area contributed by atoms with Gasteiger partial charge in [-0.2, -0.15) is 0 Å². The van der Waals surface area contributed by atoms with Gasteiger partial charge in [-0.25, -0.2) is 4.98 Å². The maximum absolute atomic E-state index is 13.0. The Kier molecular flexibility index (Phi) is 4.13. The smallest absolute Gasteiger partial charge is 0.270 e. The van der Waals surface area contributed by atoms with Crippen LogP contribution in [0, 0.1) is 0 Å². The van der Waals surface area contributed by atoms with Gasteiger partial charge in [0.1, 0.15) is 16.0 Å². The highest BCUT2D eigenvalue weighted by Gasteiger charge is 2.29. The van der Waals surface area contributed by atoms with Gasteiger partial charge in [0, 0.05) is 23.3 Å². The Bertz CT molecular complexity index is 725. The molecule has 0 N–H and O–H groups in total. The first-order valence-electron chi connectivity index (χ1n) is 7.87. The molecule has 0 bridgehead atoms. The van der Waals surface area contributed by atoms with Crippen molar-refractivity contribution in [3.8, 4) is 0 Å². The summed E-state index contributed by atoms with van der Waals surface area (Å²) in [7, 11) is 0. The molecule has 0 spiro atoms. The quantitative estimate of drug-likeness (QED) is 0.820. The van der Waals surface area contributed by atoms with E-state index in [4.69, 9.17) is 4.74 Å². The summed E-state index contributed by atoms with van der Waals surface area (Å²) in [6.45, 7) is 3.68. The second-order valence-electron chi connectivity index (χ2n) is 5.88. The molecule has 120 valence electrons. The number of aromatic nitrogens is 1. The third-order valence-electron chi connectivity index (χ3n) is 4.11. The molecule has 6 heteroatoms. The summed E-state index contributed by atoms with van der Waals surface area (Å²) in [5, 5.41) is 1.32. The van der Waals surface area contributed by atoms with Crippen molar-refractivity contribution in [2.45, 2.75) is 36.0 Å². The van der Waals surface area contributed by atoms with Gasteiger partial charge in [-0.3, -0.25) is 4.79 Å². The molecule has 4 nitrogen and oxygen atoms in total. The molecule has 2 atom stereocenters. The van der Waals surface area contributed by atoms with Crippen LogP contribution in [0.4, 0.5) is 5.69 Å². The van der Waals surface area contributed by atoms with Crippen LogP contribution in [0.2, 0.25) is 0 Å². The van der Waals surface area contributed by atoms with E-state index in [0.29, 0.717) is 10.1 Å². The molecule has 0 aliphatic carbocycles. The Hall–Kier alpha value is -1.37. The standard InChI is InChI=1S/C17H18N2O2S2/c1-11-10-19(12-5-2-3-7-14(12)22-11)17(20)15-9-18-16(23-15)13-6-4-8-21-13/h2-3,5,7,9,11,13H,4,6,8,10H2,1H3. The number of hydrogen-bond donors (Lipinski definition) is 0. The minimum absolute atomic E-state index is 0.0475. The molecule has 2 aromatic rings. The minimum atomic E-state index is 0.0475. The summed E-state index contributed by atoms with van der Waals surface area (Å²) in [6.07, 6.45) is 3.85. The minimum Gasteiger partial charge on any atom is -0.371 e. The molecule has 1 saturated heterocycles. The number of thiazole rings is 1. The molecule has 2 unspecified atom stereocenters. The van der Waals surface area contributed by atoms with Crippen LogP contribution in [0.3, 0.4) is 0 Å². The molecule has 23 heavy (non-hydrogen) atoms. The number of benzene rings is 1. The normalized spacial score (nSPS) is 23.8. The van der Waals surface area contributed by atoms with Crippen LogP contribution in [0.5, 0.6) is 0 Å². The van der Waals surface area contributed by atoms with Crippen molar-refractivity contribution < 1.29 is 9.53 Å². The van der Waals surface area contributed by atoms with E-state index in [1.165, 1.54) is 16.2 Å². The van der Waals surface area contributed by atoms with E-state index < -0.39 is 0 Å². The lowest BCUT2D eigenvalue weighted by Gasteiger charge is -2.32. The van der Waals surface area contributed by atoms with Crippen LogP contribution in [-0.4, -0.2) is 29.3 Å². The largest absolute Gasteiger partial charge is 0.371 e. The number of anilines is 1. The average Bonchev–Trinajstić information content (AvgIpc) is 3.24. The van der Waals surface area contributed by atoms with E-state index in [0.717, 1.165) is 36.7 Å². The Morgan fingerprint density at radius 3 is 3.09 bits per heavy atom. The van der Waals surface area contributed by atoms with Gasteiger partial charge in [-0.05, 0) is 25.0 Å². The van der Waals surface area contributed by atoms with Crippen molar-refractivity contribution in [3.05, 3.63) is 40.3 Å². The lowest BCUT2D eigenvalue weighted by molar-refractivity contribution is 0.0990. The van der Waals surface area contributed by atoms with Crippen LogP contribution >= 0.6 is 23.1 Å². The number of para-hydroxylation sites is 1. The lowest BCUT2D eigenvalue weighted by Crippen LogP contribution is -2.38. The molecule has 1 fully saturated rings. The molecule has 2 aliphatic rings. The Morgan fingerprint density at radius 2 is 2.26 bits per heavy atom. The van der Waals surface area contributed by atoms with Crippen molar-refractivity contribution in [1.82, 2.24) is 4.98 Å². The van der Waals surface area contributed by atoms with Crippen LogP contribution in [0.15, 0.2) is 35.4 Å². The number of hydrogen-bond acceptors (Lipinski definition) is 5. The molecule has 0 saturated carbocycles. The first-order chi connectivity index (χ1) is 11.2. The second kappa shape index (κ2) is 6.26. The summed E-state index contributed by atoms with van der Waals surface area (Å²) < 4.78 is 5.67. The van der Waals surface area contributed by atoms with Gasteiger partial charge >= 0.3 is 0 Å². The van der Waals surface area contributed by atoms with Gasteiger partial charge in [0.15, 0.2) is 0 Å². The summed E-state index contributed by atoms with van der Waals surface area (Å²) >= 11 is 3.30. The summed E-state index contributed by atoms with van der Waals surface area (Å²) in [4.78, 5) is 21.2. The van der Waals surface area contributed by atoms with Gasteiger partial charge < -0.3 is 9.64 Å². The Morgan fingerprint density at radius 1 is 1.39 bits per heavy atom. The summed E-state index contributed by atoms with van der Waals surface area (Å²) in [6, 6.07) is 8.11. The molecule has 1 amide bonds. The molecular formula is C17H18N2O2S2. The predicted octanol–water partition coefficient (Wildman–Crippen LogP) is 4.14. The lowest BCUT2D eigenvalue weighted by atomic mass is 10.2. The van der Waals surface area contributed by atoms with Gasteiger partial charge in [0.2, 0.25) is 0 Å². The molecule has 4 rings (SSSR count). The van der Waals surface area contributed by atoms with Crippen LogP contribution in [0.1, 0.15) is 40.5 Å². The number of carbonyl (C=O) groups excluding carboxylic acids is 1. The zero-order valence-electron chi connectivity index (χ0n) is 12.9. The number of thioether (sulfide) groups is 1. The van der Waals surface area contributed by atoms with Crippen LogP contribution in [-0.2, 0) is 4.74 Å². The van der Waals surface area contributed by atoms with Gasteiger partial charge in [-0.1, -0.05) is 19.1 Å². The fourth-order valence-electron chi connectivity index (χ4n) is 3.02. The third-order valence-corrected chi connectivity index (χ3v) is 6.34. The van der Waals surface area contributed by atoms with E-state index >= 15 is 0 Å². The summed E-state index contributed by atoms with van der Waals surface area (Å²) in [5.41, 5.74) is 1.01. The third kappa shape index (κ3) is 2.91. The molecule has 0 radical (unpaired) electrons. The first kappa shape index (κ1) is 15.2. The van der Waals surface area contributed by atoms with Crippen molar-refractivity contribution in [3.63, 3.8) is 0 Å². The fourth-order valence-corrected chi connectivity index (χ4v) is 5.09. The van der Waals surface area contributed by atoms with E-state index in [1.54, 1.807) is 6.20 Å². The van der Waals surface area contributed by atoms with Crippen molar-refractivity contribution in [2.24, 2.45) is 0 Å². The van der Waals surface area contributed by atoms with Crippen molar-refractivity contribution >= 4 is 34.7 Å². The SMILES string of the molecule is CC1CN(C(=O)c2cnc(C3CCCO3)s2)c2ccccc2S1. The van der Waals surface area contributed by atoms with Gasteiger partial charge in [0.25, 0.3) is 5.91 Å². The molecule has 1 aromatic carbocycles. The average molecular weight is 346 g/mol. The van der Waals surface area contributed by atoms with E-state index in [9.17, 15) is 4.79 Å². The number of ether oxygens (including phenoxy) is 1. The van der Waals surface area contributed by atoms with Gasteiger partial charge in [0.05, 0.1) is 11.9 Å². The molecule has 1 aromatic heterocycles. The highest BCUT2D eigenvalue weighted by atomic mass is 32.2. The topological polar surface area (TPSA) is 42.4 Å². The maximum atomic E-state index is 13.0. The molecule has 3 heterocycles. The summed E-state index contributed by atoms with van der Waals surface area (Å²) in [5.74, 6) is 0.0475. The zero-order chi connectivity index (χ0) is 15.8. The van der Waals surface area contributed by atoms with E-state index in [1.807, 2.05) is 34.9 Å². The monoisotopic (exact) mass is 346 g/mol. The van der Waals surface area contributed by atoms with Gasteiger partial charge in [-0.15, -0.1) is 23.1 Å². The molecule has 2 aliphatic heterocycles. The maximum Gasteiger partial charge on any atom is 0.270 e. The zero-order valence-corrected chi connectivity index (χ0v) is 14.5. The number of rotatable bonds is 2. The second-order valence-corrected chi connectivity index (χ2v) is 8.42. The van der Waals surface area contributed by atoms with Crippen LogP contribution in [0.25, 0.3) is 0 Å².